The summed E-state index contributed by atoms with van der Waals surface area (Å²) in [6.07, 6.45) is 4.31. The molecule has 1 aromatic carbocycles. The van der Waals surface area contributed by atoms with Gasteiger partial charge < -0.3 is 4.74 Å². The van der Waals surface area contributed by atoms with Crippen LogP contribution in [-0.4, -0.2) is 18.5 Å². The summed E-state index contributed by atoms with van der Waals surface area (Å²) >= 11 is 0. The van der Waals surface area contributed by atoms with E-state index in [9.17, 15) is 30.0 Å². The van der Waals surface area contributed by atoms with Crippen LogP contribution in [0.4, 0.5) is 25.2 Å². The van der Waals surface area contributed by atoms with E-state index in [0.29, 0.717) is 5.75 Å². The van der Waals surface area contributed by atoms with Crippen molar-refractivity contribution in [3.8, 4) is 5.75 Å². The van der Waals surface area contributed by atoms with Crippen LogP contribution in [0, 0.1) is 0 Å². The van der Waals surface area contributed by atoms with E-state index in [1.54, 1.807) is 0 Å². The van der Waals surface area contributed by atoms with E-state index in [0.717, 1.165) is 0 Å². The fraction of sp³-hybridized carbons (Fsp3) is 0.300. The molecular weight excluding hydrogens is 329 g/mol. The maximum atomic E-state index is 10.6. The zero-order valence-electron chi connectivity index (χ0n) is 10.7. The van der Waals surface area contributed by atoms with Crippen molar-refractivity contribution in [1.29, 1.82) is 0 Å². The third kappa shape index (κ3) is 15.1. The summed E-state index contributed by atoms with van der Waals surface area (Å²) in [7, 11) is -10.4. The molecule has 0 N–H and O–H groups in total. The molecular formula is C10H13F6O2PS. The first-order valence-electron chi connectivity index (χ1n) is 4.97. The summed E-state index contributed by atoms with van der Waals surface area (Å²) in [6.45, 7) is 1.40. The Morgan fingerprint density at radius 1 is 1.00 bits per heavy atom. The Morgan fingerprint density at radius 3 is 1.60 bits per heavy atom. The Bertz CT molecular complexity index is 456. The second kappa shape index (κ2) is 5.44. The van der Waals surface area contributed by atoms with Gasteiger partial charge in [0.25, 0.3) is 0 Å². The normalized spacial score (nSPS) is 14.7. The molecule has 0 aromatic heterocycles. The summed E-state index contributed by atoms with van der Waals surface area (Å²) in [5, 5.41) is 0. The van der Waals surface area contributed by atoms with Crippen LogP contribution in [-0.2, 0) is 15.7 Å². The molecule has 0 aliphatic heterocycles. The molecule has 0 unspecified atom stereocenters. The molecule has 20 heavy (non-hydrogen) atoms. The molecule has 0 heterocycles. The average Bonchev–Trinajstić information content (AvgIpc) is 2.12. The van der Waals surface area contributed by atoms with Crippen LogP contribution in [0.25, 0.3) is 0 Å². The zero-order valence-corrected chi connectivity index (χ0v) is 12.5. The third-order valence-electron chi connectivity index (χ3n) is 1.56. The van der Waals surface area contributed by atoms with Crippen molar-refractivity contribution in [2.24, 2.45) is 0 Å². The summed E-state index contributed by atoms with van der Waals surface area (Å²) < 4.78 is 64.1. The van der Waals surface area contributed by atoms with Gasteiger partial charge in [0.05, 0.1) is 0 Å². The van der Waals surface area contributed by atoms with Crippen molar-refractivity contribution >= 4 is 24.7 Å². The quantitative estimate of drug-likeness (QED) is 0.242. The van der Waals surface area contributed by atoms with Gasteiger partial charge in [-0.1, -0.05) is 0 Å². The van der Waals surface area contributed by atoms with Crippen molar-refractivity contribution < 1.29 is 34.7 Å². The fourth-order valence-electron chi connectivity index (χ4n) is 0.946. The number of halogens is 6. The molecule has 0 bridgehead atoms. The first kappa shape index (κ1) is 19.1. The Kier molecular flexibility index (Phi) is 5.18. The molecule has 0 aliphatic rings. The van der Waals surface area contributed by atoms with E-state index in [4.69, 9.17) is 4.74 Å². The predicted molar refractivity (Wildman–Crippen MR) is 68.8 cm³/mol. The van der Waals surface area contributed by atoms with E-state index in [-0.39, 0.29) is 16.9 Å². The fourth-order valence-corrected chi connectivity index (χ4v) is 1.63. The van der Waals surface area contributed by atoms with E-state index in [1.165, 1.54) is 11.8 Å². The van der Waals surface area contributed by atoms with Crippen molar-refractivity contribution in [3.63, 3.8) is 0 Å². The van der Waals surface area contributed by atoms with E-state index in [2.05, 4.69) is 12.5 Å². The van der Waals surface area contributed by atoms with Crippen molar-refractivity contribution in [2.45, 2.75) is 11.8 Å². The molecule has 1 aromatic rings. The van der Waals surface area contributed by atoms with Gasteiger partial charge in [-0.3, -0.25) is 4.79 Å². The molecule has 0 saturated heterocycles. The topological polar surface area (TPSA) is 26.3 Å². The number of carbonyl (C=O) groups is 1. The second-order valence-electron chi connectivity index (χ2n) is 3.84. The summed E-state index contributed by atoms with van der Waals surface area (Å²) in [4.78, 5) is 11.9. The Balaban J connectivity index is 0.000000441. The first-order valence-corrected chi connectivity index (χ1v) is 9.04. The van der Waals surface area contributed by atoms with Gasteiger partial charge in [0.1, 0.15) is 18.3 Å². The number of rotatable bonds is 2. The minimum atomic E-state index is -10.7. The van der Waals surface area contributed by atoms with Gasteiger partial charge in [-0.15, -0.1) is 0 Å². The Labute approximate surface area is 114 Å². The number of hydrogen-bond donors (Lipinski definition) is 0. The molecule has 0 atom stereocenters. The summed E-state index contributed by atoms with van der Waals surface area (Å²) in [6, 6.07) is 7.62. The minimum absolute atomic E-state index is 0.260. The monoisotopic (exact) mass is 342 g/mol. The van der Waals surface area contributed by atoms with Crippen molar-refractivity contribution in [2.75, 3.05) is 12.5 Å². The molecule has 118 valence electrons. The van der Waals surface area contributed by atoms with Crippen LogP contribution in [0.1, 0.15) is 6.92 Å². The van der Waals surface area contributed by atoms with Crippen molar-refractivity contribution in [1.82, 2.24) is 0 Å². The van der Waals surface area contributed by atoms with E-state index in [1.807, 2.05) is 24.3 Å². The van der Waals surface area contributed by atoms with Crippen LogP contribution < -0.4 is 4.74 Å². The van der Waals surface area contributed by atoms with Crippen LogP contribution in [0.5, 0.6) is 5.75 Å². The third-order valence-corrected chi connectivity index (χ3v) is 2.77. The molecule has 0 aliphatic carbocycles. The maximum absolute atomic E-state index is 10.7. The van der Waals surface area contributed by atoms with Crippen molar-refractivity contribution in [3.05, 3.63) is 24.3 Å². The van der Waals surface area contributed by atoms with E-state index >= 15 is 0 Å². The molecule has 0 spiro atoms. The van der Waals surface area contributed by atoms with Gasteiger partial charge in [0.15, 0.2) is 4.90 Å². The van der Waals surface area contributed by atoms with Crippen LogP contribution in [0.3, 0.4) is 0 Å². The van der Waals surface area contributed by atoms with Gasteiger partial charge >= 0.3 is 39.0 Å². The second-order valence-corrected chi connectivity index (χ2v) is 7.86. The standard InChI is InChI=1S/C10H13O2S.F6P/c1-8(11)12-9-4-6-10(7-5-9)13(2)3;1-7(2,3,4,5)6/h4-7H,1-3H3;/q+1;-1. The van der Waals surface area contributed by atoms with Gasteiger partial charge in [-0.2, -0.15) is 0 Å². The van der Waals surface area contributed by atoms with E-state index < -0.39 is 7.81 Å². The molecule has 0 radical (unpaired) electrons. The number of benzene rings is 1. The molecule has 2 nitrogen and oxygen atoms in total. The Hall–Kier alpha value is -0.950. The van der Waals surface area contributed by atoms with Crippen LogP contribution >= 0.6 is 7.81 Å². The summed E-state index contributed by atoms with van der Waals surface area (Å²) in [5.41, 5.74) is 0. The molecule has 0 saturated carbocycles. The van der Waals surface area contributed by atoms with Gasteiger partial charge in [0, 0.05) is 17.8 Å². The van der Waals surface area contributed by atoms with Gasteiger partial charge in [-0.05, 0) is 24.3 Å². The Morgan fingerprint density at radius 2 is 1.35 bits per heavy atom. The SMILES string of the molecule is CC(=O)Oc1ccc([S+](C)C)cc1.F[P-](F)(F)(F)(F)F. The zero-order chi connectivity index (χ0) is 16.3. The molecule has 10 heteroatoms. The molecule has 0 fully saturated rings. The van der Waals surface area contributed by atoms with Gasteiger partial charge in [-0.25, -0.2) is 0 Å². The summed E-state index contributed by atoms with van der Waals surface area (Å²) in [5.74, 6) is 0.335. The molecule has 0 amide bonds. The average molecular weight is 342 g/mol. The first-order chi connectivity index (χ1) is 8.54. The van der Waals surface area contributed by atoms with Crippen LogP contribution in [0.15, 0.2) is 29.2 Å². The molecule has 1 rings (SSSR count). The number of ether oxygens (including phenoxy) is 1. The van der Waals surface area contributed by atoms with Gasteiger partial charge in [0.2, 0.25) is 0 Å². The van der Waals surface area contributed by atoms with Crippen LogP contribution in [0.2, 0.25) is 0 Å². The predicted octanol–water partition coefficient (Wildman–Crippen LogP) is 5.23. The number of hydrogen-bond acceptors (Lipinski definition) is 2. The number of carbonyl (C=O) groups excluding carboxylic acids is 1. The number of esters is 1.